The highest BCUT2D eigenvalue weighted by atomic mass is 16.1. The third-order valence-electron chi connectivity index (χ3n) is 3.78. The van der Waals surface area contributed by atoms with Crippen LogP contribution in [-0.4, -0.2) is 29.9 Å². The van der Waals surface area contributed by atoms with Gasteiger partial charge in [-0.15, -0.1) is 0 Å². The molecule has 1 saturated heterocycles. The van der Waals surface area contributed by atoms with E-state index in [0.717, 1.165) is 18.0 Å². The van der Waals surface area contributed by atoms with E-state index in [1.54, 1.807) is 0 Å². The Bertz CT molecular complexity index is 439. The quantitative estimate of drug-likeness (QED) is 0.915. The average Bonchev–Trinajstić information content (AvgIpc) is 2.38. The van der Waals surface area contributed by atoms with Gasteiger partial charge in [0.15, 0.2) is 0 Å². The van der Waals surface area contributed by atoms with Crippen molar-refractivity contribution in [2.75, 3.05) is 13.1 Å². The summed E-state index contributed by atoms with van der Waals surface area (Å²) in [5, 5.41) is 2.92. The summed E-state index contributed by atoms with van der Waals surface area (Å²) in [6.07, 6.45) is 2.65. The van der Waals surface area contributed by atoms with Crippen molar-refractivity contribution in [1.82, 2.24) is 10.2 Å². The van der Waals surface area contributed by atoms with Crippen LogP contribution in [-0.2, 0) is 6.54 Å². The van der Waals surface area contributed by atoms with Gasteiger partial charge in [-0.2, -0.15) is 0 Å². The number of rotatable bonds is 4. The van der Waals surface area contributed by atoms with E-state index in [4.69, 9.17) is 0 Å². The van der Waals surface area contributed by atoms with Crippen molar-refractivity contribution in [2.24, 2.45) is 5.92 Å². The molecule has 1 amide bonds. The summed E-state index contributed by atoms with van der Waals surface area (Å²) >= 11 is 0. The van der Waals surface area contributed by atoms with Crippen LogP contribution in [0.25, 0.3) is 0 Å². The van der Waals surface area contributed by atoms with Crippen LogP contribution in [0.2, 0.25) is 0 Å². The molecule has 0 radical (unpaired) electrons. The maximum Gasteiger partial charge on any atom is 0.251 e. The summed E-state index contributed by atoms with van der Waals surface area (Å²) in [7, 11) is 0. The van der Waals surface area contributed by atoms with E-state index in [1.807, 2.05) is 26.0 Å². The molecule has 2 rings (SSSR count). The summed E-state index contributed by atoms with van der Waals surface area (Å²) in [5.74, 6) is 0.818. The maximum absolute atomic E-state index is 11.9. The van der Waals surface area contributed by atoms with Crippen LogP contribution < -0.4 is 5.32 Å². The minimum absolute atomic E-state index is 0.0122. The van der Waals surface area contributed by atoms with Crippen LogP contribution in [0.3, 0.4) is 0 Å². The predicted octanol–water partition coefficient (Wildman–Crippen LogP) is 3.06. The lowest BCUT2D eigenvalue weighted by atomic mass is 9.99. The number of carbonyl (C=O) groups excluding carboxylic acids is 1. The minimum Gasteiger partial charge on any atom is -0.350 e. The Kier molecular flexibility index (Phi) is 5.18. The monoisotopic (exact) mass is 274 g/mol. The fraction of sp³-hybridized carbons (Fsp3) is 0.588. The zero-order valence-corrected chi connectivity index (χ0v) is 12.9. The molecule has 0 saturated carbocycles. The second-order valence-electron chi connectivity index (χ2n) is 6.31. The van der Waals surface area contributed by atoms with Gasteiger partial charge in [-0.3, -0.25) is 9.69 Å². The number of amides is 1. The van der Waals surface area contributed by atoms with Crippen LogP contribution in [0.15, 0.2) is 24.3 Å². The van der Waals surface area contributed by atoms with Gasteiger partial charge in [0.2, 0.25) is 0 Å². The molecule has 1 heterocycles. The first-order valence-electron chi connectivity index (χ1n) is 7.66. The maximum atomic E-state index is 11.9. The van der Waals surface area contributed by atoms with Gasteiger partial charge in [-0.25, -0.2) is 0 Å². The van der Waals surface area contributed by atoms with Crippen LogP contribution in [0.1, 0.15) is 49.5 Å². The molecule has 1 aromatic carbocycles. The summed E-state index contributed by atoms with van der Waals surface area (Å²) in [6.45, 7) is 9.66. The van der Waals surface area contributed by atoms with Crippen molar-refractivity contribution >= 4 is 5.91 Å². The number of hydrogen-bond donors (Lipinski definition) is 1. The van der Waals surface area contributed by atoms with Crippen LogP contribution in [0, 0.1) is 5.92 Å². The molecule has 1 aliphatic rings. The first-order chi connectivity index (χ1) is 9.54. The number of nitrogens with zero attached hydrogens (tertiary/aromatic N) is 1. The molecule has 1 aliphatic heterocycles. The van der Waals surface area contributed by atoms with Crippen molar-refractivity contribution in [3.63, 3.8) is 0 Å². The first kappa shape index (κ1) is 15.0. The lowest BCUT2D eigenvalue weighted by Gasteiger charge is -2.30. The van der Waals surface area contributed by atoms with E-state index >= 15 is 0 Å². The Balaban J connectivity index is 1.92. The molecular weight excluding hydrogens is 248 g/mol. The molecule has 1 aromatic rings. The molecule has 3 heteroatoms. The lowest BCUT2D eigenvalue weighted by Crippen LogP contribution is -2.33. The normalized spacial score (nSPS) is 20.1. The number of carbonyl (C=O) groups is 1. The van der Waals surface area contributed by atoms with Gasteiger partial charge in [-0.1, -0.05) is 19.1 Å². The third-order valence-corrected chi connectivity index (χ3v) is 3.78. The van der Waals surface area contributed by atoms with Gasteiger partial charge in [0.1, 0.15) is 0 Å². The number of piperidine rings is 1. The highest BCUT2D eigenvalue weighted by Crippen LogP contribution is 2.18. The summed E-state index contributed by atoms with van der Waals surface area (Å²) in [5.41, 5.74) is 2.04. The van der Waals surface area contributed by atoms with Gasteiger partial charge in [0, 0.05) is 24.7 Å². The predicted molar refractivity (Wildman–Crippen MR) is 82.7 cm³/mol. The number of nitrogens with one attached hydrogen (secondary N) is 1. The van der Waals surface area contributed by atoms with E-state index in [1.165, 1.54) is 31.5 Å². The van der Waals surface area contributed by atoms with E-state index in [0.29, 0.717) is 0 Å². The zero-order chi connectivity index (χ0) is 14.5. The summed E-state index contributed by atoms with van der Waals surface area (Å²) in [4.78, 5) is 14.4. The molecule has 0 aliphatic carbocycles. The van der Waals surface area contributed by atoms with Gasteiger partial charge in [0.05, 0.1) is 0 Å². The summed E-state index contributed by atoms with van der Waals surface area (Å²) < 4.78 is 0. The Labute approximate surface area is 122 Å². The zero-order valence-electron chi connectivity index (χ0n) is 12.9. The second-order valence-corrected chi connectivity index (χ2v) is 6.31. The Morgan fingerprint density at radius 2 is 2.05 bits per heavy atom. The average molecular weight is 274 g/mol. The molecule has 3 nitrogen and oxygen atoms in total. The lowest BCUT2D eigenvalue weighted by molar-refractivity contribution is 0.0943. The SMILES string of the molecule is CC1CCCN(Cc2ccc(C(=O)NC(C)C)cc2)C1. The van der Waals surface area contributed by atoms with E-state index in [9.17, 15) is 4.79 Å². The molecule has 0 bridgehead atoms. The standard InChI is InChI=1S/C17H26N2O/c1-13(2)18-17(20)16-8-6-15(7-9-16)12-19-10-4-5-14(3)11-19/h6-9,13-14H,4-5,10-12H2,1-3H3,(H,18,20). The van der Waals surface area contributed by atoms with Gasteiger partial charge >= 0.3 is 0 Å². The van der Waals surface area contributed by atoms with Gasteiger partial charge < -0.3 is 5.32 Å². The summed E-state index contributed by atoms with van der Waals surface area (Å²) in [6, 6.07) is 8.20. The Morgan fingerprint density at radius 3 is 2.65 bits per heavy atom. The van der Waals surface area contributed by atoms with Crippen molar-refractivity contribution in [3.05, 3.63) is 35.4 Å². The molecule has 20 heavy (non-hydrogen) atoms. The van der Waals surface area contributed by atoms with E-state index in [2.05, 4.69) is 29.3 Å². The topological polar surface area (TPSA) is 32.3 Å². The van der Waals surface area contributed by atoms with Crippen molar-refractivity contribution in [2.45, 2.75) is 46.2 Å². The molecule has 1 atom stereocenters. The molecule has 1 N–H and O–H groups in total. The fourth-order valence-electron chi connectivity index (χ4n) is 2.80. The molecule has 0 aromatic heterocycles. The molecule has 1 unspecified atom stereocenters. The van der Waals surface area contributed by atoms with Crippen molar-refractivity contribution in [1.29, 1.82) is 0 Å². The third kappa shape index (κ3) is 4.34. The Morgan fingerprint density at radius 1 is 1.35 bits per heavy atom. The first-order valence-corrected chi connectivity index (χ1v) is 7.66. The smallest absolute Gasteiger partial charge is 0.251 e. The molecule has 0 spiro atoms. The number of likely N-dealkylation sites (tertiary alicyclic amines) is 1. The Hall–Kier alpha value is -1.35. The minimum atomic E-state index is 0.0122. The fourth-order valence-corrected chi connectivity index (χ4v) is 2.80. The second kappa shape index (κ2) is 6.89. The van der Waals surface area contributed by atoms with Crippen LogP contribution in [0.4, 0.5) is 0 Å². The van der Waals surface area contributed by atoms with Crippen molar-refractivity contribution in [3.8, 4) is 0 Å². The van der Waals surface area contributed by atoms with Crippen LogP contribution in [0.5, 0.6) is 0 Å². The molecule has 110 valence electrons. The largest absolute Gasteiger partial charge is 0.350 e. The van der Waals surface area contributed by atoms with E-state index < -0.39 is 0 Å². The van der Waals surface area contributed by atoms with Crippen LogP contribution >= 0.6 is 0 Å². The number of hydrogen-bond acceptors (Lipinski definition) is 2. The highest BCUT2D eigenvalue weighted by molar-refractivity contribution is 5.94. The van der Waals surface area contributed by atoms with Gasteiger partial charge in [0.25, 0.3) is 5.91 Å². The molecule has 1 fully saturated rings. The van der Waals surface area contributed by atoms with Gasteiger partial charge in [-0.05, 0) is 56.8 Å². The highest BCUT2D eigenvalue weighted by Gasteiger charge is 2.16. The number of benzene rings is 1. The van der Waals surface area contributed by atoms with Crippen molar-refractivity contribution < 1.29 is 4.79 Å². The van der Waals surface area contributed by atoms with E-state index in [-0.39, 0.29) is 11.9 Å². The molecular formula is C17H26N2O.